The number of aromatic amines is 1. The molecule has 0 aliphatic carbocycles. The van der Waals surface area contributed by atoms with Crippen LogP contribution in [0, 0.1) is 0 Å². The molecule has 0 saturated heterocycles. The van der Waals surface area contributed by atoms with Gasteiger partial charge in [-0.3, -0.25) is 9.13 Å². The number of hydrogen-bond acceptors (Lipinski definition) is 2. The molecule has 262 valence electrons. The molecule has 7 rings (SSSR count). The number of fused-ring (bicyclic) bond motifs is 3. The number of aromatic nitrogens is 5. The SMILES string of the molecule is CC(C)c1cccc(C(C)C)c1-n1cc(C(C)(C)C(C)(C)c2cc(C(C)(C)C)cc(-n3c4ccccc4c4ccccc43)n2)nc1-c1ccc[nH]1. The van der Waals surface area contributed by atoms with Gasteiger partial charge in [-0.15, -0.1) is 0 Å². The Labute approximate surface area is 303 Å². The molecule has 7 aromatic rings. The number of nitrogens with one attached hydrogen (secondary N) is 1. The van der Waals surface area contributed by atoms with Crippen LogP contribution in [0.5, 0.6) is 0 Å². The third-order valence-corrected chi connectivity index (χ3v) is 11.5. The topological polar surface area (TPSA) is 51.4 Å². The number of H-pyrrole nitrogens is 1. The van der Waals surface area contributed by atoms with Crippen molar-refractivity contribution in [3.8, 4) is 23.0 Å². The number of imidazole rings is 1. The van der Waals surface area contributed by atoms with Crippen LogP contribution < -0.4 is 0 Å². The number of pyridine rings is 1. The first kappa shape index (κ1) is 34.5. The Balaban J connectivity index is 1.45. The second kappa shape index (κ2) is 12.4. The van der Waals surface area contributed by atoms with E-state index in [1.807, 2.05) is 6.20 Å². The predicted octanol–water partition coefficient (Wildman–Crippen LogP) is 12.2. The van der Waals surface area contributed by atoms with Gasteiger partial charge < -0.3 is 4.98 Å². The quantitative estimate of drug-likeness (QED) is 0.174. The number of benzene rings is 3. The van der Waals surface area contributed by atoms with Gasteiger partial charge in [-0.05, 0) is 70.3 Å². The number of rotatable bonds is 8. The highest BCUT2D eigenvalue weighted by Crippen LogP contribution is 2.46. The Hall–Kier alpha value is -4.90. The highest BCUT2D eigenvalue weighted by molar-refractivity contribution is 6.09. The van der Waals surface area contributed by atoms with Crippen molar-refractivity contribution in [3.63, 3.8) is 0 Å². The Kier molecular flexibility index (Phi) is 8.40. The van der Waals surface area contributed by atoms with E-state index in [0.29, 0.717) is 11.8 Å². The van der Waals surface area contributed by atoms with Crippen LogP contribution in [0.1, 0.15) is 116 Å². The van der Waals surface area contributed by atoms with Crippen LogP contribution in [0.2, 0.25) is 0 Å². The van der Waals surface area contributed by atoms with E-state index in [1.54, 1.807) is 0 Å². The van der Waals surface area contributed by atoms with E-state index < -0.39 is 10.8 Å². The van der Waals surface area contributed by atoms with Gasteiger partial charge in [-0.2, -0.15) is 0 Å². The second-order valence-corrected chi connectivity index (χ2v) is 17.0. The highest BCUT2D eigenvalue weighted by atomic mass is 15.1. The molecule has 0 unspecified atom stereocenters. The summed E-state index contributed by atoms with van der Waals surface area (Å²) in [5, 5.41) is 2.48. The molecule has 3 aromatic carbocycles. The van der Waals surface area contributed by atoms with E-state index >= 15 is 0 Å². The summed E-state index contributed by atoms with van der Waals surface area (Å²) in [4.78, 5) is 14.6. The van der Waals surface area contributed by atoms with Gasteiger partial charge in [0.05, 0.1) is 28.1 Å². The van der Waals surface area contributed by atoms with Crippen molar-refractivity contribution in [2.45, 2.75) is 104 Å². The second-order valence-electron chi connectivity index (χ2n) is 17.0. The summed E-state index contributed by atoms with van der Waals surface area (Å²) in [5.74, 6) is 2.59. The third-order valence-electron chi connectivity index (χ3n) is 11.5. The lowest BCUT2D eigenvalue weighted by Gasteiger charge is -2.41. The van der Waals surface area contributed by atoms with E-state index in [2.05, 4.69) is 187 Å². The van der Waals surface area contributed by atoms with Crippen molar-refractivity contribution in [1.29, 1.82) is 0 Å². The summed E-state index contributed by atoms with van der Waals surface area (Å²) < 4.78 is 4.70. The van der Waals surface area contributed by atoms with Crippen LogP contribution in [0.25, 0.3) is 44.8 Å². The zero-order valence-corrected chi connectivity index (χ0v) is 32.3. The van der Waals surface area contributed by atoms with Crippen LogP contribution in [-0.2, 0) is 16.2 Å². The maximum absolute atomic E-state index is 5.59. The summed E-state index contributed by atoms with van der Waals surface area (Å²) in [5.41, 5.74) is 9.67. The number of hydrogen-bond donors (Lipinski definition) is 1. The van der Waals surface area contributed by atoms with Crippen LogP contribution in [-0.4, -0.2) is 24.1 Å². The van der Waals surface area contributed by atoms with Crippen molar-refractivity contribution in [2.24, 2.45) is 0 Å². The van der Waals surface area contributed by atoms with Crippen LogP contribution in [0.15, 0.2) is 103 Å². The normalized spacial score (nSPS) is 13.0. The monoisotopic (exact) mass is 675 g/mol. The summed E-state index contributed by atoms with van der Waals surface area (Å²) >= 11 is 0. The standard InChI is InChI=1S/C46H53N5/c1-29(2)32-20-16-21-33(30(3)4)42(32)50-28-40(49-43(50)36-22-17-25-47-36)46(10,11)45(8,9)39-26-31(44(5,6)7)27-41(48-39)51-37-23-14-12-18-34(37)35-19-13-15-24-38(35)51/h12-30,47H,1-11H3. The molecule has 4 aromatic heterocycles. The maximum atomic E-state index is 5.59. The minimum atomic E-state index is -0.411. The lowest BCUT2D eigenvalue weighted by Crippen LogP contribution is -2.41. The average molecular weight is 676 g/mol. The van der Waals surface area contributed by atoms with Crippen molar-refractivity contribution >= 4 is 21.8 Å². The molecule has 5 heteroatoms. The van der Waals surface area contributed by atoms with E-state index in [4.69, 9.17) is 9.97 Å². The minimum Gasteiger partial charge on any atom is -0.359 e. The van der Waals surface area contributed by atoms with Gasteiger partial charge >= 0.3 is 0 Å². The Morgan fingerprint density at radius 1 is 0.608 bits per heavy atom. The first-order chi connectivity index (χ1) is 24.1. The van der Waals surface area contributed by atoms with E-state index in [9.17, 15) is 0 Å². The predicted molar refractivity (Wildman–Crippen MR) is 215 cm³/mol. The smallest absolute Gasteiger partial charge is 0.161 e. The molecular formula is C46H53N5. The van der Waals surface area contributed by atoms with E-state index in [0.717, 1.165) is 28.7 Å². The summed E-state index contributed by atoms with van der Waals surface area (Å²) in [6.45, 7) is 25.4. The molecule has 4 heterocycles. The molecule has 0 atom stereocenters. The first-order valence-electron chi connectivity index (χ1n) is 18.5. The molecule has 0 radical (unpaired) electrons. The fraction of sp³-hybridized carbons (Fsp3) is 0.348. The molecule has 0 spiro atoms. The highest BCUT2D eigenvalue weighted by Gasteiger charge is 2.44. The fourth-order valence-electron chi connectivity index (χ4n) is 7.49. The molecule has 0 fully saturated rings. The molecule has 0 aliphatic heterocycles. The lowest BCUT2D eigenvalue weighted by molar-refractivity contribution is 0.288. The molecule has 5 nitrogen and oxygen atoms in total. The van der Waals surface area contributed by atoms with Crippen molar-refractivity contribution in [1.82, 2.24) is 24.1 Å². The third kappa shape index (κ3) is 5.71. The molecule has 0 bridgehead atoms. The molecule has 0 amide bonds. The largest absolute Gasteiger partial charge is 0.359 e. The van der Waals surface area contributed by atoms with E-state index in [-0.39, 0.29) is 5.41 Å². The summed E-state index contributed by atoms with van der Waals surface area (Å²) in [6.07, 6.45) is 4.28. The zero-order valence-electron chi connectivity index (χ0n) is 32.3. The summed E-state index contributed by atoms with van der Waals surface area (Å²) in [7, 11) is 0. The zero-order chi connectivity index (χ0) is 36.5. The molecule has 1 N–H and O–H groups in total. The van der Waals surface area contributed by atoms with Crippen molar-refractivity contribution < 1.29 is 0 Å². The van der Waals surface area contributed by atoms with Gasteiger partial charge in [0.15, 0.2) is 5.82 Å². The average Bonchev–Trinajstić information content (AvgIpc) is 3.85. The van der Waals surface area contributed by atoms with Crippen LogP contribution >= 0.6 is 0 Å². The maximum Gasteiger partial charge on any atom is 0.161 e. The van der Waals surface area contributed by atoms with Gasteiger partial charge in [-0.25, -0.2) is 9.97 Å². The fourth-order valence-corrected chi connectivity index (χ4v) is 7.49. The van der Waals surface area contributed by atoms with Gasteiger partial charge in [-0.1, -0.05) is 131 Å². The van der Waals surface area contributed by atoms with E-state index in [1.165, 1.54) is 44.2 Å². The lowest BCUT2D eigenvalue weighted by atomic mass is 9.64. The van der Waals surface area contributed by atoms with Gasteiger partial charge in [0.1, 0.15) is 5.82 Å². The number of para-hydroxylation sites is 3. The number of nitrogens with zero attached hydrogens (tertiary/aromatic N) is 4. The van der Waals surface area contributed by atoms with Crippen molar-refractivity contribution in [2.75, 3.05) is 0 Å². The Bertz CT molecular complexity index is 2270. The Morgan fingerprint density at radius 3 is 1.71 bits per heavy atom. The summed E-state index contributed by atoms with van der Waals surface area (Å²) in [6, 6.07) is 32.9. The van der Waals surface area contributed by atoms with Crippen LogP contribution in [0.3, 0.4) is 0 Å². The van der Waals surface area contributed by atoms with Crippen molar-refractivity contribution in [3.05, 3.63) is 131 Å². The van der Waals surface area contributed by atoms with Gasteiger partial charge in [0.25, 0.3) is 0 Å². The Morgan fingerprint density at radius 2 is 1.18 bits per heavy atom. The first-order valence-corrected chi connectivity index (χ1v) is 18.5. The van der Waals surface area contributed by atoms with Crippen LogP contribution in [0.4, 0.5) is 0 Å². The van der Waals surface area contributed by atoms with Gasteiger partial charge in [0, 0.05) is 39.7 Å². The molecular weight excluding hydrogens is 623 g/mol. The molecule has 51 heavy (non-hydrogen) atoms. The molecule has 0 aliphatic rings. The minimum absolute atomic E-state index is 0.0818. The van der Waals surface area contributed by atoms with Gasteiger partial charge in [0.2, 0.25) is 0 Å². The molecule has 0 saturated carbocycles.